The van der Waals surface area contributed by atoms with Crippen molar-refractivity contribution in [1.29, 1.82) is 0 Å². The minimum Gasteiger partial charge on any atom is -0.465 e. The van der Waals surface area contributed by atoms with Crippen LogP contribution in [-0.4, -0.2) is 50.8 Å². The van der Waals surface area contributed by atoms with Gasteiger partial charge < -0.3 is 20.1 Å². The Morgan fingerprint density at radius 2 is 2.00 bits per heavy atom. The molecule has 0 atom stereocenters. The molecule has 2 N–H and O–H groups in total. The Morgan fingerprint density at radius 3 is 2.62 bits per heavy atom. The number of aromatic nitrogens is 1. The molecule has 7 heteroatoms. The van der Waals surface area contributed by atoms with Crippen molar-refractivity contribution >= 4 is 17.7 Å². The van der Waals surface area contributed by atoms with Gasteiger partial charge in [0.15, 0.2) is 0 Å². The van der Waals surface area contributed by atoms with E-state index in [9.17, 15) is 9.59 Å². The van der Waals surface area contributed by atoms with Gasteiger partial charge >= 0.3 is 5.97 Å². The summed E-state index contributed by atoms with van der Waals surface area (Å²) in [6.07, 6.45) is 0.337. The van der Waals surface area contributed by atoms with E-state index >= 15 is 0 Å². The highest BCUT2D eigenvalue weighted by atomic mass is 16.5. The zero-order chi connectivity index (χ0) is 15.7. The number of carbonyl (C=O) groups excluding carboxylic acids is 2. The maximum Gasteiger partial charge on any atom is 0.339 e. The highest BCUT2D eigenvalue weighted by Crippen LogP contribution is 2.11. The lowest BCUT2D eigenvalue weighted by atomic mass is 10.2. The summed E-state index contributed by atoms with van der Waals surface area (Å²) in [6.45, 7) is 3.19. The van der Waals surface area contributed by atoms with Crippen LogP contribution >= 0.6 is 0 Å². The molecule has 0 aliphatic heterocycles. The summed E-state index contributed by atoms with van der Waals surface area (Å²) in [5.74, 6) is 0.149. The van der Waals surface area contributed by atoms with Crippen molar-refractivity contribution in [2.24, 2.45) is 0 Å². The molecule has 1 aromatic heterocycles. The SMILES string of the molecule is COCCNC(=O)CCNc1ccc(C(=O)OC)c(C)n1. The third-order valence-electron chi connectivity index (χ3n) is 2.78. The number of methoxy groups -OCH3 is 2. The zero-order valence-electron chi connectivity index (χ0n) is 12.6. The van der Waals surface area contributed by atoms with Crippen LogP contribution < -0.4 is 10.6 Å². The molecule has 116 valence electrons. The van der Waals surface area contributed by atoms with E-state index in [2.05, 4.69) is 20.4 Å². The smallest absolute Gasteiger partial charge is 0.339 e. The van der Waals surface area contributed by atoms with Crippen LogP contribution in [0.15, 0.2) is 12.1 Å². The molecule has 0 aliphatic carbocycles. The number of amides is 1. The Bertz CT molecular complexity index is 491. The van der Waals surface area contributed by atoms with Crippen molar-refractivity contribution in [3.05, 3.63) is 23.4 Å². The van der Waals surface area contributed by atoms with Crippen LogP contribution in [0.5, 0.6) is 0 Å². The molecule has 1 amide bonds. The average molecular weight is 295 g/mol. The normalized spacial score (nSPS) is 10.0. The number of hydrogen-bond donors (Lipinski definition) is 2. The van der Waals surface area contributed by atoms with Gasteiger partial charge in [0.1, 0.15) is 5.82 Å². The molecule has 0 unspecified atom stereocenters. The van der Waals surface area contributed by atoms with Gasteiger partial charge in [0.05, 0.1) is 25.0 Å². The van der Waals surface area contributed by atoms with Crippen LogP contribution in [-0.2, 0) is 14.3 Å². The zero-order valence-corrected chi connectivity index (χ0v) is 12.6. The maximum atomic E-state index is 11.5. The molecule has 0 spiro atoms. The van der Waals surface area contributed by atoms with Gasteiger partial charge in [-0.15, -0.1) is 0 Å². The van der Waals surface area contributed by atoms with Crippen LogP contribution in [0.4, 0.5) is 5.82 Å². The molecule has 1 aromatic rings. The van der Waals surface area contributed by atoms with Gasteiger partial charge in [-0.25, -0.2) is 9.78 Å². The van der Waals surface area contributed by atoms with E-state index in [-0.39, 0.29) is 5.91 Å². The van der Waals surface area contributed by atoms with Crippen molar-refractivity contribution in [3.8, 4) is 0 Å². The largest absolute Gasteiger partial charge is 0.465 e. The number of pyridine rings is 1. The number of carbonyl (C=O) groups is 2. The maximum absolute atomic E-state index is 11.5. The highest BCUT2D eigenvalue weighted by molar-refractivity contribution is 5.90. The lowest BCUT2D eigenvalue weighted by molar-refractivity contribution is -0.121. The van der Waals surface area contributed by atoms with Gasteiger partial charge in [-0.05, 0) is 19.1 Å². The minimum atomic E-state index is -0.413. The summed E-state index contributed by atoms with van der Waals surface area (Å²) in [5.41, 5.74) is 1.01. The van der Waals surface area contributed by atoms with Crippen LogP contribution in [0.3, 0.4) is 0 Å². The van der Waals surface area contributed by atoms with Gasteiger partial charge in [0.25, 0.3) is 0 Å². The Hall–Kier alpha value is -2.15. The standard InChI is InChI=1S/C14H21N3O4/c1-10-11(14(19)21-3)4-5-12(17-10)15-7-6-13(18)16-8-9-20-2/h4-5H,6-9H2,1-3H3,(H,15,17)(H,16,18). The second-order valence-electron chi connectivity index (χ2n) is 4.34. The van der Waals surface area contributed by atoms with E-state index in [0.29, 0.717) is 43.2 Å². The molecular formula is C14H21N3O4. The molecule has 1 heterocycles. The molecular weight excluding hydrogens is 274 g/mol. The van der Waals surface area contributed by atoms with Gasteiger partial charge in [0, 0.05) is 26.6 Å². The molecule has 21 heavy (non-hydrogen) atoms. The minimum absolute atomic E-state index is 0.0533. The van der Waals surface area contributed by atoms with Crippen molar-refractivity contribution < 1.29 is 19.1 Å². The average Bonchev–Trinajstić information content (AvgIpc) is 2.47. The second-order valence-corrected chi connectivity index (χ2v) is 4.34. The molecule has 0 bridgehead atoms. The monoisotopic (exact) mass is 295 g/mol. The van der Waals surface area contributed by atoms with Gasteiger partial charge in [-0.1, -0.05) is 0 Å². The number of ether oxygens (including phenoxy) is 2. The quantitative estimate of drug-likeness (QED) is 0.543. The first-order valence-corrected chi connectivity index (χ1v) is 6.64. The van der Waals surface area contributed by atoms with Crippen molar-refractivity contribution in [1.82, 2.24) is 10.3 Å². The van der Waals surface area contributed by atoms with Gasteiger partial charge in [-0.3, -0.25) is 4.79 Å². The predicted molar refractivity (Wildman–Crippen MR) is 78.3 cm³/mol. The van der Waals surface area contributed by atoms with E-state index in [1.807, 2.05) is 0 Å². The molecule has 0 radical (unpaired) electrons. The summed E-state index contributed by atoms with van der Waals surface area (Å²) in [6, 6.07) is 3.33. The highest BCUT2D eigenvalue weighted by Gasteiger charge is 2.10. The number of nitrogens with zero attached hydrogens (tertiary/aromatic N) is 1. The molecule has 0 aliphatic rings. The van der Waals surface area contributed by atoms with Crippen LogP contribution in [0.1, 0.15) is 22.5 Å². The van der Waals surface area contributed by atoms with Crippen LogP contribution in [0.2, 0.25) is 0 Å². The number of anilines is 1. The fraction of sp³-hybridized carbons (Fsp3) is 0.500. The van der Waals surface area contributed by atoms with E-state index in [4.69, 9.17) is 4.74 Å². The number of aryl methyl sites for hydroxylation is 1. The fourth-order valence-corrected chi connectivity index (χ4v) is 1.67. The van der Waals surface area contributed by atoms with E-state index < -0.39 is 5.97 Å². The number of hydrogen-bond acceptors (Lipinski definition) is 6. The third kappa shape index (κ3) is 5.78. The lowest BCUT2D eigenvalue weighted by Gasteiger charge is -2.09. The Labute approximate surface area is 124 Å². The van der Waals surface area contributed by atoms with E-state index in [1.165, 1.54) is 7.11 Å². The fourth-order valence-electron chi connectivity index (χ4n) is 1.67. The van der Waals surface area contributed by atoms with Crippen molar-refractivity contribution in [2.75, 3.05) is 39.2 Å². The third-order valence-corrected chi connectivity index (χ3v) is 2.78. The number of nitrogens with one attached hydrogen (secondary N) is 2. The molecule has 7 nitrogen and oxygen atoms in total. The lowest BCUT2D eigenvalue weighted by Crippen LogP contribution is -2.28. The van der Waals surface area contributed by atoms with Gasteiger partial charge in [0.2, 0.25) is 5.91 Å². The number of rotatable bonds is 8. The topological polar surface area (TPSA) is 89.6 Å². The summed E-state index contributed by atoms with van der Waals surface area (Å²) >= 11 is 0. The molecule has 0 fully saturated rings. The number of esters is 1. The first-order valence-electron chi connectivity index (χ1n) is 6.64. The Balaban J connectivity index is 2.41. The predicted octanol–water partition coefficient (Wildman–Crippen LogP) is 0.741. The summed E-state index contributed by atoms with van der Waals surface area (Å²) in [7, 11) is 2.91. The van der Waals surface area contributed by atoms with Crippen molar-refractivity contribution in [2.45, 2.75) is 13.3 Å². The van der Waals surface area contributed by atoms with Gasteiger partial charge in [-0.2, -0.15) is 0 Å². The molecule has 1 rings (SSSR count). The summed E-state index contributed by atoms with van der Waals surface area (Å²) in [4.78, 5) is 27.1. The second kappa shape index (κ2) is 8.91. The van der Waals surface area contributed by atoms with Crippen molar-refractivity contribution in [3.63, 3.8) is 0 Å². The van der Waals surface area contributed by atoms with E-state index in [0.717, 1.165) is 0 Å². The molecule has 0 saturated carbocycles. The Kier molecular flexibility index (Phi) is 7.17. The van der Waals surface area contributed by atoms with E-state index in [1.54, 1.807) is 26.2 Å². The van der Waals surface area contributed by atoms with Crippen LogP contribution in [0, 0.1) is 6.92 Å². The first kappa shape index (κ1) is 16.9. The molecule has 0 saturated heterocycles. The summed E-state index contributed by atoms with van der Waals surface area (Å²) < 4.78 is 9.49. The first-order chi connectivity index (χ1) is 10.1. The molecule has 0 aromatic carbocycles. The Morgan fingerprint density at radius 1 is 1.24 bits per heavy atom. The summed E-state index contributed by atoms with van der Waals surface area (Å²) in [5, 5.41) is 5.76. The van der Waals surface area contributed by atoms with Crippen LogP contribution in [0.25, 0.3) is 0 Å².